The third kappa shape index (κ3) is 5.10. The lowest BCUT2D eigenvalue weighted by Gasteiger charge is -2.28. The highest BCUT2D eigenvalue weighted by molar-refractivity contribution is 6.67. The molecular formula is C10H24O3Si. The Balaban J connectivity index is 4.03. The summed E-state index contributed by atoms with van der Waals surface area (Å²) in [5.41, 5.74) is 0. The first-order valence-corrected chi connectivity index (χ1v) is 7.83. The first kappa shape index (κ1) is 14.1. The summed E-state index contributed by atoms with van der Waals surface area (Å²) >= 11 is 0. The van der Waals surface area contributed by atoms with E-state index >= 15 is 0 Å². The van der Waals surface area contributed by atoms with E-state index in [0.717, 1.165) is 38.5 Å². The normalized spacial score (nSPS) is 12.0. The lowest BCUT2D eigenvalue weighted by molar-refractivity contribution is 0.135. The number of rotatable bonds is 9. The average molecular weight is 220 g/mol. The fourth-order valence-corrected chi connectivity index (χ4v) is 4.11. The van der Waals surface area contributed by atoms with Crippen LogP contribution >= 0.6 is 0 Å². The molecule has 0 aliphatic rings. The molecule has 0 aromatic heterocycles. The highest BCUT2D eigenvalue weighted by Crippen LogP contribution is 2.18. The Morgan fingerprint density at radius 2 is 1.43 bits per heavy atom. The zero-order valence-corrected chi connectivity index (χ0v) is 11.0. The maximum absolute atomic E-state index is 5.80. The van der Waals surface area contributed by atoms with Gasteiger partial charge < -0.3 is 13.6 Å². The maximum Gasteiger partial charge on any atom is 0.340 e. The second-order valence-corrected chi connectivity index (χ2v) is 6.68. The van der Waals surface area contributed by atoms with Crippen LogP contribution < -0.4 is 0 Å². The second-order valence-electron chi connectivity index (χ2n) is 3.08. The van der Waals surface area contributed by atoms with E-state index in [-0.39, 0.29) is 0 Å². The third-order valence-corrected chi connectivity index (χ3v) is 5.86. The van der Waals surface area contributed by atoms with Crippen molar-refractivity contribution in [3.05, 3.63) is 0 Å². The van der Waals surface area contributed by atoms with Gasteiger partial charge in [0.2, 0.25) is 0 Å². The van der Waals surface area contributed by atoms with Crippen LogP contribution in [0, 0.1) is 0 Å². The highest BCUT2D eigenvalue weighted by Gasteiger charge is 2.34. The number of hydrogen-bond donors (Lipinski definition) is 0. The largest absolute Gasteiger partial charge is 0.394 e. The maximum atomic E-state index is 5.80. The summed E-state index contributed by atoms with van der Waals surface area (Å²) in [6.07, 6.45) is 0. The molecule has 0 saturated carbocycles. The number of hydrogen-bond acceptors (Lipinski definition) is 3. The highest BCUT2D eigenvalue weighted by atomic mass is 28.4. The molecular weight excluding hydrogens is 196 g/mol. The second kappa shape index (κ2) is 8.41. The molecule has 0 aromatic rings. The summed E-state index contributed by atoms with van der Waals surface area (Å²) in [6, 6.07) is 1.95. The summed E-state index contributed by atoms with van der Waals surface area (Å²) in [4.78, 5) is 0. The van der Waals surface area contributed by atoms with Gasteiger partial charge in [-0.25, -0.2) is 0 Å². The van der Waals surface area contributed by atoms with Gasteiger partial charge in [-0.2, -0.15) is 0 Å². The quantitative estimate of drug-likeness (QED) is 0.441. The Labute approximate surface area is 89.0 Å². The van der Waals surface area contributed by atoms with Crippen molar-refractivity contribution in [3.8, 4) is 0 Å². The standard InChI is InChI=1S/C10H24O3Si/c1-5-11-9-10-14(8-4,12-6-2)13-7-3/h5-10H2,1-4H3. The van der Waals surface area contributed by atoms with Crippen molar-refractivity contribution < 1.29 is 13.6 Å². The van der Waals surface area contributed by atoms with E-state index in [9.17, 15) is 0 Å². The minimum absolute atomic E-state index is 0.742. The summed E-state index contributed by atoms with van der Waals surface area (Å²) in [5, 5.41) is 0. The molecule has 0 unspecified atom stereocenters. The van der Waals surface area contributed by atoms with Gasteiger partial charge in [0.25, 0.3) is 0 Å². The van der Waals surface area contributed by atoms with Crippen molar-refractivity contribution in [1.29, 1.82) is 0 Å². The molecule has 3 nitrogen and oxygen atoms in total. The molecule has 0 radical (unpaired) electrons. The van der Waals surface area contributed by atoms with Crippen molar-refractivity contribution in [2.45, 2.75) is 39.8 Å². The van der Waals surface area contributed by atoms with Crippen LogP contribution in [0.2, 0.25) is 12.1 Å². The molecule has 0 aromatic carbocycles. The predicted molar refractivity (Wildman–Crippen MR) is 60.8 cm³/mol. The molecule has 0 amide bonds. The molecule has 0 atom stereocenters. The number of ether oxygens (including phenoxy) is 1. The first-order valence-electron chi connectivity index (χ1n) is 5.60. The molecule has 0 rings (SSSR count). The SMILES string of the molecule is CCOCC[Si](CC)(OCC)OCC. The molecule has 0 N–H and O–H groups in total. The predicted octanol–water partition coefficient (Wildman–Crippen LogP) is 2.56. The Bertz CT molecular complexity index is 125. The molecule has 0 bridgehead atoms. The van der Waals surface area contributed by atoms with Crippen LogP contribution in [0.1, 0.15) is 27.7 Å². The molecule has 86 valence electrons. The lowest BCUT2D eigenvalue weighted by Crippen LogP contribution is -2.42. The summed E-state index contributed by atoms with van der Waals surface area (Å²) < 4.78 is 17.0. The van der Waals surface area contributed by atoms with E-state index in [1.807, 2.05) is 20.8 Å². The van der Waals surface area contributed by atoms with Crippen molar-refractivity contribution in [1.82, 2.24) is 0 Å². The van der Waals surface area contributed by atoms with E-state index in [4.69, 9.17) is 13.6 Å². The topological polar surface area (TPSA) is 27.7 Å². The molecule has 4 heteroatoms. The zero-order chi connectivity index (χ0) is 10.9. The third-order valence-electron chi connectivity index (χ3n) is 2.18. The van der Waals surface area contributed by atoms with Gasteiger partial charge in [0.15, 0.2) is 0 Å². The van der Waals surface area contributed by atoms with Crippen molar-refractivity contribution >= 4 is 8.56 Å². The van der Waals surface area contributed by atoms with Gasteiger partial charge >= 0.3 is 8.56 Å². The molecule has 0 saturated heterocycles. The van der Waals surface area contributed by atoms with Gasteiger partial charge in [0, 0.05) is 32.5 Å². The first-order chi connectivity index (χ1) is 6.74. The van der Waals surface area contributed by atoms with Gasteiger partial charge in [-0.3, -0.25) is 0 Å². The van der Waals surface area contributed by atoms with Crippen LogP contribution in [-0.2, 0) is 13.6 Å². The van der Waals surface area contributed by atoms with E-state index < -0.39 is 8.56 Å². The van der Waals surface area contributed by atoms with Gasteiger partial charge in [0.1, 0.15) is 0 Å². The Hall–Kier alpha value is 0.0969. The summed E-state index contributed by atoms with van der Waals surface area (Å²) in [5.74, 6) is 0. The van der Waals surface area contributed by atoms with Crippen molar-refractivity contribution in [2.75, 3.05) is 26.4 Å². The van der Waals surface area contributed by atoms with Crippen LogP contribution in [0.4, 0.5) is 0 Å². The Morgan fingerprint density at radius 1 is 0.857 bits per heavy atom. The van der Waals surface area contributed by atoms with Crippen molar-refractivity contribution in [2.24, 2.45) is 0 Å². The molecule has 0 aliphatic heterocycles. The summed E-state index contributed by atoms with van der Waals surface area (Å²) in [7, 11) is -1.93. The van der Waals surface area contributed by atoms with Crippen LogP contribution in [0.25, 0.3) is 0 Å². The molecule has 0 fully saturated rings. The van der Waals surface area contributed by atoms with Crippen LogP contribution in [0.5, 0.6) is 0 Å². The van der Waals surface area contributed by atoms with E-state index in [2.05, 4.69) is 6.92 Å². The van der Waals surface area contributed by atoms with Crippen LogP contribution in [0.15, 0.2) is 0 Å². The Morgan fingerprint density at radius 3 is 1.79 bits per heavy atom. The van der Waals surface area contributed by atoms with Gasteiger partial charge in [0.05, 0.1) is 0 Å². The van der Waals surface area contributed by atoms with Gasteiger partial charge in [-0.05, 0) is 26.8 Å². The van der Waals surface area contributed by atoms with Crippen LogP contribution in [-0.4, -0.2) is 35.0 Å². The van der Waals surface area contributed by atoms with Crippen molar-refractivity contribution in [3.63, 3.8) is 0 Å². The minimum atomic E-state index is -1.93. The molecule has 0 spiro atoms. The molecule has 14 heavy (non-hydrogen) atoms. The molecule has 0 aliphatic carbocycles. The van der Waals surface area contributed by atoms with E-state index in [1.165, 1.54) is 0 Å². The molecule has 0 heterocycles. The van der Waals surface area contributed by atoms with Gasteiger partial charge in [-0.1, -0.05) is 6.92 Å². The smallest absolute Gasteiger partial charge is 0.340 e. The lowest BCUT2D eigenvalue weighted by atomic mass is 10.8. The van der Waals surface area contributed by atoms with Gasteiger partial charge in [-0.15, -0.1) is 0 Å². The van der Waals surface area contributed by atoms with E-state index in [0.29, 0.717) is 0 Å². The van der Waals surface area contributed by atoms with E-state index in [1.54, 1.807) is 0 Å². The van der Waals surface area contributed by atoms with Crippen LogP contribution in [0.3, 0.4) is 0 Å². The summed E-state index contributed by atoms with van der Waals surface area (Å²) in [6.45, 7) is 11.2. The fourth-order valence-electron chi connectivity index (χ4n) is 1.47. The average Bonchev–Trinajstić information content (AvgIpc) is 2.19. The Kier molecular flexibility index (Phi) is 8.47. The fraction of sp³-hybridized carbons (Fsp3) is 1.00. The monoisotopic (exact) mass is 220 g/mol. The minimum Gasteiger partial charge on any atom is -0.394 e. The zero-order valence-electron chi connectivity index (χ0n) is 9.97.